The smallest absolute Gasteiger partial charge is 0.354 e. The number of hydrogen-bond acceptors (Lipinski definition) is 3. The molecule has 0 bridgehead atoms. The number of rotatable bonds is 3. The van der Waals surface area contributed by atoms with E-state index in [4.69, 9.17) is 9.84 Å². The lowest BCUT2D eigenvalue weighted by molar-refractivity contribution is 0.0690. The van der Waals surface area contributed by atoms with E-state index in [9.17, 15) is 9.18 Å². The number of hydrogen-bond donors (Lipinski definition) is 1. The van der Waals surface area contributed by atoms with Crippen molar-refractivity contribution >= 4 is 5.97 Å². The first kappa shape index (κ1) is 12.0. The highest BCUT2D eigenvalue weighted by Crippen LogP contribution is 2.28. The fourth-order valence-electron chi connectivity index (χ4n) is 1.57. The van der Waals surface area contributed by atoms with Gasteiger partial charge in [-0.05, 0) is 12.1 Å². The fraction of sp³-hybridized carbons (Fsp3) is 0.0769. The second kappa shape index (κ2) is 4.83. The molecule has 92 valence electrons. The van der Waals surface area contributed by atoms with E-state index in [0.717, 1.165) is 0 Å². The van der Waals surface area contributed by atoms with Crippen LogP contribution in [0.5, 0.6) is 5.75 Å². The molecule has 2 rings (SSSR count). The molecule has 0 saturated carbocycles. The van der Waals surface area contributed by atoms with Gasteiger partial charge in [-0.3, -0.25) is 0 Å². The predicted octanol–water partition coefficient (Wildman–Crippen LogP) is 2.59. The molecule has 0 saturated heterocycles. The van der Waals surface area contributed by atoms with Crippen molar-refractivity contribution in [2.24, 2.45) is 0 Å². The van der Waals surface area contributed by atoms with Crippen LogP contribution in [0, 0.1) is 5.82 Å². The maximum atomic E-state index is 13.9. The molecule has 0 radical (unpaired) electrons. The number of benzene rings is 1. The van der Waals surface area contributed by atoms with Crippen molar-refractivity contribution in [1.29, 1.82) is 0 Å². The van der Waals surface area contributed by atoms with Crippen LogP contribution >= 0.6 is 0 Å². The molecule has 18 heavy (non-hydrogen) atoms. The van der Waals surface area contributed by atoms with Crippen LogP contribution in [0.25, 0.3) is 11.1 Å². The van der Waals surface area contributed by atoms with Gasteiger partial charge >= 0.3 is 5.97 Å². The van der Waals surface area contributed by atoms with Crippen molar-refractivity contribution < 1.29 is 19.0 Å². The molecule has 1 aromatic heterocycles. The summed E-state index contributed by atoms with van der Waals surface area (Å²) < 4.78 is 18.8. The van der Waals surface area contributed by atoms with Crippen molar-refractivity contribution in [3.05, 3.63) is 48.0 Å². The number of aromatic carboxylic acids is 1. The normalized spacial score (nSPS) is 10.1. The quantitative estimate of drug-likeness (QED) is 0.905. The highest BCUT2D eigenvalue weighted by molar-refractivity contribution is 5.85. The summed E-state index contributed by atoms with van der Waals surface area (Å²) in [5, 5.41) is 8.73. The van der Waals surface area contributed by atoms with Crippen LogP contribution in [0.15, 0.2) is 36.5 Å². The summed E-state index contributed by atoms with van der Waals surface area (Å²) in [6.45, 7) is 0. The van der Waals surface area contributed by atoms with Gasteiger partial charge in [0, 0.05) is 17.3 Å². The summed E-state index contributed by atoms with van der Waals surface area (Å²) in [7, 11) is 1.38. The molecule has 0 fully saturated rings. The molecule has 1 heterocycles. The standard InChI is InChI=1S/C13H10FNO3/c1-18-11-4-2-3-9(12(11)14)8-5-6-10(13(16)17)15-7-8/h2-7H,1H3,(H,16,17). The predicted molar refractivity (Wildman–Crippen MR) is 63.1 cm³/mol. The lowest BCUT2D eigenvalue weighted by Gasteiger charge is -2.07. The third-order valence-electron chi connectivity index (χ3n) is 2.48. The number of carbonyl (C=O) groups is 1. The third-order valence-corrected chi connectivity index (χ3v) is 2.48. The Kier molecular flexibility index (Phi) is 3.23. The molecule has 4 nitrogen and oxygen atoms in total. The van der Waals surface area contributed by atoms with Gasteiger partial charge in [-0.1, -0.05) is 18.2 Å². The number of nitrogens with zero attached hydrogens (tertiary/aromatic N) is 1. The Balaban J connectivity index is 2.46. The minimum absolute atomic E-state index is 0.0814. The molecule has 1 N–H and O–H groups in total. The third kappa shape index (κ3) is 2.15. The van der Waals surface area contributed by atoms with Gasteiger partial charge in [0.25, 0.3) is 0 Å². The molecule has 0 unspecified atom stereocenters. The van der Waals surface area contributed by atoms with Crippen LogP contribution in [-0.4, -0.2) is 23.2 Å². The minimum Gasteiger partial charge on any atom is -0.494 e. The molecular weight excluding hydrogens is 237 g/mol. The van der Waals surface area contributed by atoms with Crippen molar-refractivity contribution in [2.75, 3.05) is 7.11 Å². The first-order chi connectivity index (χ1) is 8.63. The topological polar surface area (TPSA) is 59.4 Å². The zero-order chi connectivity index (χ0) is 13.1. The second-order valence-corrected chi connectivity index (χ2v) is 3.56. The number of carboxylic acid groups (broad SMARTS) is 1. The van der Waals surface area contributed by atoms with E-state index >= 15 is 0 Å². The number of carboxylic acids is 1. The van der Waals surface area contributed by atoms with E-state index in [2.05, 4.69) is 4.98 Å². The molecule has 5 heteroatoms. The van der Waals surface area contributed by atoms with E-state index in [0.29, 0.717) is 11.1 Å². The van der Waals surface area contributed by atoms with Gasteiger partial charge in [0.05, 0.1) is 7.11 Å². The number of methoxy groups -OCH3 is 1. The van der Waals surface area contributed by atoms with Crippen LogP contribution in [0.3, 0.4) is 0 Å². The van der Waals surface area contributed by atoms with Crippen LogP contribution in [0.4, 0.5) is 4.39 Å². The maximum absolute atomic E-state index is 13.9. The molecular formula is C13H10FNO3. The summed E-state index contributed by atoms with van der Waals surface area (Å²) >= 11 is 0. The zero-order valence-electron chi connectivity index (χ0n) is 9.55. The zero-order valence-corrected chi connectivity index (χ0v) is 9.55. The molecule has 1 aromatic carbocycles. The largest absolute Gasteiger partial charge is 0.494 e. The van der Waals surface area contributed by atoms with Gasteiger partial charge in [0.15, 0.2) is 11.6 Å². The Morgan fingerprint density at radius 3 is 2.67 bits per heavy atom. The number of aromatic nitrogens is 1. The lowest BCUT2D eigenvalue weighted by atomic mass is 10.1. The van der Waals surface area contributed by atoms with Gasteiger partial charge < -0.3 is 9.84 Å². The summed E-state index contributed by atoms with van der Waals surface area (Å²) in [4.78, 5) is 14.4. The summed E-state index contributed by atoms with van der Waals surface area (Å²) in [6, 6.07) is 7.58. The van der Waals surface area contributed by atoms with E-state index in [1.54, 1.807) is 12.1 Å². The Labute approximate surface area is 103 Å². The Bertz CT molecular complexity index is 581. The van der Waals surface area contributed by atoms with E-state index < -0.39 is 11.8 Å². The average Bonchev–Trinajstić information content (AvgIpc) is 2.39. The van der Waals surface area contributed by atoms with Crippen LogP contribution in [0.2, 0.25) is 0 Å². The van der Waals surface area contributed by atoms with E-state index in [1.807, 2.05) is 0 Å². The SMILES string of the molecule is COc1cccc(-c2ccc(C(=O)O)nc2)c1F. The first-order valence-electron chi connectivity index (χ1n) is 5.15. The van der Waals surface area contributed by atoms with Gasteiger partial charge in [0.1, 0.15) is 5.69 Å². The van der Waals surface area contributed by atoms with Gasteiger partial charge in [-0.2, -0.15) is 0 Å². The summed E-state index contributed by atoms with van der Waals surface area (Å²) in [5.74, 6) is -1.48. The van der Waals surface area contributed by atoms with Crippen molar-refractivity contribution in [3.63, 3.8) is 0 Å². The molecule has 0 aliphatic carbocycles. The van der Waals surface area contributed by atoms with Crippen molar-refractivity contribution in [3.8, 4) is 16.9 Å². The number of ether oxygens (including phenoxy) is 1. The van der Waals surface area contributed by atoms with E-state index in [-0.39, 0.29) is 11.4 Å². The molecule has 0 aliphatic rings. The minimum atomic E-state index is -1.12. The fourth-order valence-corrected chi connectivity index (χ4v) is 1.57. The molecule has 0 amide bonds. The van der Waals surface area contributed by atoms with Crippen LogP contribution in [-0.2, 0) is 0 Å². The summed E-state index contributed by atoms with van der Waals surface area (Å²) in [6.07, 6.45) is 1.32. The Hall–Kier alpha value is -2.43. The van der Waals surface area contributed by atoms with Gasteiger partial charge in [0.2, 0.25) is 0 Å². The Morgan fingerprint density at radius 1 is 1.33 bits per heavy atom. The number of pyridine rings is 1. The average molecular weight is 247 g/mol. The van der Waals surface area contributed by atoms with Gasteiger partial charge in [-0.15, -0.1) is 0 Å². The highest BCUT2D eigenvalue weighted by Gasteiger charge is 2.11. The van der Waals surface area contributed by atoms with Crippen molar-refractivity contribution in [1.82, 2.24) is 4.98 Å². The van der Waals surface area contributed by atoms with Crippen molar-refractivity contribution in [2.45, 2.75) is 0 Å². The second-order valence-electron chi connectivity index (χ2n) is 3.56. The van der Waals surface area contributed by atoms with E-state index in [1.165, 1.54) is 31.5 Å². The molecule has 0 aliphatic heterocycles. The maximum Gasteiger partial charge on any atom is 0.354 e. The first-order valence-corrected chi connectivity index (χ1v) is 5.15. The van der Waals surface area contributed by atoms with Crippen LogP contribution in [0.1, 0.15) is 10.5 Å². The molecule has 0 spiro atoms. The lowest BCUT2D eigenvalue weighted by Crippen LogP contribution is -1.99. The molecule has 2 aromatic rings. The molecule has 0 atom stereocenters. The van der Waals surface area contributed by atoms with Crippen LogP contribution < -0.4 is 4.74 Å². The van der Waals surface area contributed by atoms with Gasteiger partial charge in [-0.25, -0.2) is 14.2 Å². The highest BCUT2D eigenvalue weighted by atomic mass is 19.1. The monoisotopic (exact) mass is 247 g/mol. The number of halogens is 1. The summed E-state index contributed by atoms with van der Waals surface area (Å²) in [5.41, 5.74) is 0.734. The Morgan fingerprint density at radius 2 is 2.11 bits per heavy atom.